The number of rotatable bonds is 9. The van der Waals surface area contributed by atoms with Gasteiger partial charge in [0, 0.05) is 51.6 Å². The van der Waals surface area contributed by atoms with E-state index >= 15 is 0 Å². The lowest BCUT2D eigenvalue weighted by molar-refractivity contribution is 0.0258. The van der Waals surface area contributed by atoms with Crippen molar-refractivity contribution in [2.75, 3.05) is 37.7 Å². The fourth-order valence-corrected chi connectivity index (χ4v) is 3.30. The van der Waals surface area contributed by atoms with E-state index in [2.05, 4.69) is 20.2 Å². The van der Waals surface area contributed by atoms with E-state index in [-0.39, 0.29) is 6.61 Å². The molecule has 1 fully saturated rings. The van der Waals surface area contributed by atoms with E-state index in [1.54, 1.807) is 18.6 Å². The highest BCUT2D eigenvalue weighted by atomic mass is 16.5. The van der Waals surface area contributed by atoms with Crippen molar-refractivity contribution in [2.24, 2.45) is 0 Å². The highest BCUT2D eigenvalue weighted by molar-refractivity contribution is 5.36. The third-order valence-corrected chi connectivity index (χ3v) is 4.71. The number of ether oxygens (including phenoxy) is 1. The molecule has 3 N–H and O–H groups in total. The van der Waals surface area contributed by atoms with Crippen molar-refractivity contribution in [3.05, 3.63) is 48.4 Å². The number of piperidine rings is 1. The maximum atomic E-state index is 11.0. The zero-order chi connectivity index (χ0) is 19.0. The minimum atomic E-state index is -0.775. The van der Waals surface area contributed by atoms with Crippen molar-refractivity contribution in [1.29, 1.82) is 0 Å². The first-order chi connectivity index (χ1) is 13.2. The van der Waals surface area contributed by atoms with Crippen LogP contribution >= 0.6 is 0 Å². The number of aliphatic hydroxyl groups excluding tert-OH is 1. The predicted molar refractivity (Wildman–Crippen MR) is 104 cm³/mol. The number of aliphatic hydroxyl groups is 2. The van der Waals surface area contributed by atoms with Crippen LogP contribution < -0.4 is 15.0 Å². The van der Waals surface area contributed by atoms with Crippen molar-refractivity contribution in [3.63, 3.8) is 0 Å². The van der Waals surface area contributed by atoms with Gasteiger partial charge in [-0.05, 0) is 30.5 Å². The summed E-state index contributed by atoms with van der Waals surface area (Å²) in [4.78, 5) is 10.5. The van der Waals surface area contributed by atoms with Crippen LogP contribution in [-0.4, -0.2) is 58.6 Å². The van der Waals surface area contributed by atoms with Gasteiger partial charge >= 0.3 is 0 Å². The number of nitrogens with one attached hydrogen (secondary N) is 1. The molecule has 0 saturated carbocycles. The van der Waals surface area contributed by atoms with Crippen LogP contribution in [0, 0.1) is 0 Å². The van der Waals surface area contributed by atoms with Crippen molar-refractivity contribution >= 4 is 5.82 Å². The van der Waals surface area contributed by atoms with Gasteiger partial charge in [-0.15, -0.1) is 0 Å². The average Bonchev–Trinajstić information content (AvgIpc) is 2.70. The molecule has 1 aliphatic heterocycles. The van der Waals surface area contributed by atoms with E-state index < -0.39 is 5.60 Å². The molecule has 1 atom stereocenters. The van der Waals surface area contributed by atoms with E-state index in [0.29, 0.717) is 32.7 Å². The maximum Gasteiger partial charge on any atom is 0.147 e. The number of benzene rings is 1. The van der Waals surface area contributed by atoms with Crippen LogP contribution in [0.5, 0.6) is 5.75 Å². The van der Waals surface area contributed by atoms with Gasteiger partial charge < -0.3 is 25.2 Å². The van der Waals surface area contributed by atoms with E-state index in [1.165, 1.54) is 0 Å². The van der Waals surface area contributed by atoms with Crippen LogP contribution in [0.2, 0.25) is 0 Å². The molecule has 2 heterocycles. The molecule has 7 heteroatoms. The van der Waals surface area contributed by atoms with Gasteiger partial charge in [-0.1, -0.05) is 12.1 Å². The second-order valence-corrected chi connectivity index (χ2v) is 6.99. The molecule has 27 heavy (non-hydrogen) atoms. The van der Waals surface area contributed by atoms with Gasteiger partial charge in [0.15, 0.2) is 0 Å². The zero-order valence-corrected chi connectivity index (χ0v) is 15.5. The second-order valence-electron chi connectivity index (χ2n) is 6.99. The Morgan fingerprint density at radius 2 is 2.07 bits per heavy atom. The third kappa shape index (κ3) is 5.89. The second kappa shape index (κ2) is 9.64. The first-order valence-corrected chi connectivity index (χ1v) is 9.45. The van der Waals surface area contributed by atoms with Gasteiger partial charge in [0.1, 0.15) is 11.6 Å². The molecular weight excluding hydrogens is 344 g/mol. The van der Waals surface area contributed by atoms with E-state index in [4.69, 9.17) is 9.84 Å². The number of nitrogens with zero attached hydrogens (tertiary/aromatic N) is 3. The SMILES string of the molecule is OCCCOc1ccc(CNC[C@@]2(O)CCCN(c3cnccn3)C2)cc1. The number of hydrogen-bond donors (Lipinski definition) is 3. The minimum absolute atomic E-state index is 0.138. The number of aromatic nitrogens is 2. The number of β-amino-alcohol motifs (C(OH)–C–C–N with tert-alkyl or cyclic N) is 1. The molecular formula is C20H28N4O3. The summed E-state index contributed by atoms with van der Waals surface area (Å²) in [5.41, 5.74) is 0.359. The van der Waals surface area contributed by atoms with Crippen LogP contribution in [0.25, 0.3) is 0 Å². The van der Waals surface area contributed by atoms with E-state index in [1.807, 2.05) is 24.3 Å². The standard InChI is InChI=1S/C20H28N4O3/c25-11-2-12-27-18-5-3-17(4-6-18)13-22-15-20(26)7-1-10-24(16-20)19-14-21-8-9-23-19/h3-6,8-9,14,22,25-26H,1-2,7,10-13,15-16H2/t20-/m0/s1. The Hall–Kier alpha value is -2.22. The van der Waals surface area contributed by atoms with Crippen molar-refractivity contribution < 1.29 is 14.9 Å². The first kappa shape index (κ1) is 19.5. The van der Waals surface area contributed by atoms with E-state index in [0.717, 1.165) is 36.5 Å². The molecule has 0 radical (unpaired) electrons. The van der Waals surface area contributed by atoms with Crippen LogP contribution in [-0.2, 0) is 6.54 Å². The Kier molecular flexibility index (Phi) is 6.98. The van der Waals surface area contributed by atoms with Gasteiger partial charge in [-0.3, -0.25) is 4.98 Å². The molecule has 1 aliphatic rings. The smallest absolute Gasteiger partial charge is 0.147 e. The summed E-state index contributed by atoms with van der Waals surface area (Å²) in [7, 11) is 0. The monoisotopic (exact) mass is 372 g/mol. The predicted octanol–water partition coefficient (Wildman–Crippen LogP) is 1.36. The quantitative estimate of drug-likeness (QED) is 0.573. The largest absolute Gasteiger partial charge is 0.494 e. The summed E-state index contributed by atoms with van der Waals surface area (Å²) < 4.78 is 5.53. The summed E-state index contributed by atoms with van der Waals surface area (Å²) in [6, 6.07) is 7.88. The minimum Gasteiger partial charge on any atom is -0.494 e. The van der Waals surface area contributed by atoms with Crippen LogP contribution in [0.15, 0.2) is 42.9 Å². The summed E-state index contributed by atoms with van der Waals surface area (Å²) in [6.45, 7) is 3.31. The Bertz CT molecular complexity index is 683. The lowest BCUT2D eigenvalue weighted by Gasteiger charge is -2.39. The Morgan fingerprint density at radius 1 is 1.22 bits per heavy atom. The molecule has 3 rings (SSSR count). The topological polar surface area (TPSA) is 90.7 Å². The molecule has 0 spiro atoms. The van der Waals surface area contributed by atoms with Crippen LogP contribution in [0.4, 0.5) is 5.82 Å². The van der Waals surface area contributed by atoms with Gasteiger partial charge in [0.2, 0.25) is 0 Å². The normalized spacial score (nSPS) is 19.9. The molecule has 7 nitrogen and oxygen atoms in total. The Balaban J connectivity index is 1.46. The lowest BCUT2D eigenvalue weighted by Crippen LogP contribution is -2.53. The van der Waals surface area contributed by atoms with Crippen molar-refractivity contribution in [1.82, 2.24) is 15.3 Å². The summed E-state index contributed by atoms with van der Waals surface area (Å²) >= 11 is 0. The molecule has 1 aromatic carbocycles. The number of hydrogen-bond acceptors (Lipinski definition) is 7. The highest BCUT2D eigenvalue weighted by Gasteiger charge is 2.33. The van der Waals surface area contributed by atoms with Crippen LogP contribution in [0.3, 0.4) is 0 Å². The van der Waals surface area contributed by atoms with Crippen LogP contribution in [0.1, 0.15) is 24.8 Å². The molecule has 0 amide bonds. The Labute approximate surface area is 160 Å². The summed E-state index contributed by atoms with van der Waals surface area (Å²) in [5, 5.41) is 23.1. The molecule has 1 aromatic heterocycles. The molecule has 0 unspecified atom stereocenters. The third-order valence-electron chi connectivity index (χ3n) is 4.71. The molecule has 0 bridgehead atoms. The van der Waals surface area contributed by atoms with Crippen molar-refractivity contribution in [2.45, 2.75) is 31.4 Å². The maximum absolute atomic E-state index is 11.0. The summed E-state index contributed by atoms with van der Waals surface area (Å²) in [6.07, 6.45) is 7.41. The van der Waals surface area contributed by atoms with Gasteiger partial charge in [-0.2, -0.15) is 0 Å². The lowest BCUT2D eigenvalue weighted by atomic mass is 9.92. The fraction of sp³-hybridized carbons (Fsp3) is 0.500. The number of anilines is 1. The molecule has 146 valence electrons. The van der Waals surface area contributed by atoms with Gasteiger partial charge in [0.05, 0.1) is 18.4 Å². The molecule has 0 aliphatic carbocycles. The molecule has 1 saturated heterocycles. The Morgan fingerprint density at radius 3 is 2.81 bits per heavy atom. The van der Waals surface area contributed by atoms with E-state index in [9.17, 15) is 5.11 Å². The average molecular weight is 372 g/mol. The fourth-order valence-electron chi connectivity index (χ4n) is 3.30. The highest BCUT2D eigenvalue weighted by Crippen LogP contribution is 2.24. The van der Waals surface area contributed by atoms with Gasteiger partial charge in [-0.25, -0.2) is 4.98 Å². The van der Waals surface area contributed by atoms with Crippen molar-refractivity contribution in [3.8, 4) is 5.75 Å². The first-order valence-electron chi connectivity index (χ1n) is 9.45. The van der Waals surface area contributed by atoms with Gasteiger partial charge in [0.25, 0.3) is 0 Å². The molecule has 2 aromatic rings. The summed E-state index contributed by atoms with van der Waals surface area (Å²) in [5.74, 6) is 1.62. The zero-order valence-electron chi connectivity index (χ0n) is 15.5.